The summed E-state index contributed by atoms with van der Waals surface area (Å²) in [5.41, 5.74) is 0.716. The van der Waals surface area contributed by atoms with Crippen molar-refractivity contribution in [1.82, 2.24) is 10.6 Å². The summed E-state index contributed by atoms with van der Waals surface area (Å²) in [7, 11) is 0. The van der Waals surface area contributed by atoms with Crippen LogP contribution in [0.3, 0.4) is 0 Å². The molecule has 3 N–H and O–H groups in total. The summed E-state index contributed by atoms with van der Waals surface area (Å²) in [5, 5.41) is 8.31. The van der Waals surface area contributed by atoms with Gasteiger partial charge in [-0.05, 0) is 58.7 Å². The Bertz CT molecular complexity index is 577. The zero-order chi connectivity index (χ0) is 18.4. The van der Waals surface area contributed by atoms with Crippen LogP contribution >= 0.6 is 0 Å². The van der Waals surface area contributed by atoms with Crippen molar-refractivity contribution < 1.29 is 14.3 Å². The Morgan fingerprint density at radius 1 is 1.12 bits per heavy atom. The highest BCUT2D eigenvalue weighted by Gasteiger charge is 2.23. The number of alkyl carbamates (subject to hydrolysis) is 1. The monoisotopic (exact) mass is 335 g/mol. The molecule has 0 atom stereocenters. The van der Waals surface area contributed by atoms with Gasteiger partial charge in [0.2, 0.25) is 0 Å². The molecule has 1 rings (SSSR count). The van der Waals surface area contributed by atoms with E-state index in [1.807, 2.05) is 38.1 Å². The lowest BCUT2D eigenvalue weighted by atomic mass is 10.1. The number of benzene rings is 1. The van der Waals surface area contributed by atoms with Crippen molar-refractivity contribution in [3.05, 3.63) is 29.8 Å². The van der Waals surface area contributed by atoms with Gasteiger partial charge in [-0.3, -0.25) is 0 Å². The maximum atomic E-state index is 12.1. The number of amides is 3. The van der Waals surface area contributed by atoms with E-state index >= 15 is 0 Å². The molecule has 0 fully saturated rings. The largest absolute Gasteiger partial charge is 0.444 e. The fourth-order valence-electron chi connectivity index (χ4n) is 1.99. The van der Waals surface area contributed by atoms with E-state index in [4.69, 9.17) is 4.74 Å². The van der Waals surface area contributed by atoms with Crippen LogP contribution in [0.15, 0.2) is 24.3 Å². The highest BCUT2D eigenvalue weighted by molar-refractivity contribution is 5.89. The third-order valence-electron chi connectivity index (χ3n) is 3.12. The minimum atomic E-state index is -0.622. The van der Waals surface area contributed by atoms with E-state index in [2.05, 4.69) is 22.9 Å². The Hall–Kier alpha value is -2.24. The van der Waals surface area contributed by atoms with Crippen LogP contribution in [0, 0.1) is 0 Å². The molecule has 0 aliphatic rings. The van der Waals surface area contributed by atoms with E-state index < -0.39 is 17.2 Å². The molecule has 1 aromatic rings. The topological polar surface area (TPSA) is 79.5 Å². The molecule has 0 saturated carbocycles. The van der Waals surface area contributed by atoms with Crippen LogP contribution in [0.25, 0.3) is 0 Å². The second-order valence-corrected chi connectivity index (χ2v) is 7.37. The molecular weight excluding hydrogens is 306 g/mol. The first-order valence-electron chi connectivity index (χ1n) is 8.16. The number of carbonyl (C=O) groups excluding carboxylic acids is 2. The molecule has 134 valence electrons. The van der Waals surface area contributed by atoms with E-state index in [1.54, 1.807) is 20.8 Å². The molecule has 0 saturated heterocycles. The van der Waals surface area contributed by atoms with Crippen molar-refractivity contribution in [2.45, 2.75) is 59.1 Å². The van der Waals surface area contributed by atoms with Gasteiger partial charge in [-0.1, -0.05) is 19.1 Å². The minimum absolute atomic E-state index is 0.254. The zero-order valence-electron chi connectivity index (χ0n) is 15.4. The predicted octanol–water partition coefficient (Wildman–Crippen LogP) is 3.67. The molecule has 0 radical (unpaired) electrons. The average Bonchev–Trinajstić information content (AvgIpc) is 2.43. The number of ether oxygens (including phenoxy) is 1. The molecule has 3 amide bonds. The lowest BCUT2D eigenvalue weighted by Gasteiger charge is -2.27. The van der Waals surface area contributed by atoms with E-state index in [9.17, 15) is 9.59 Å². The number of carbonyl (C=O) groups is 2. The summed E-state index contributed by atoms with van der Waals surface area (Å²) in [5.74, 6) is 0. The number of hydrogen-bond acceptors (Lipinski definition) is 3. The lowest BCUT2D eigenvalue weighted by Crippen LogP contribution is -2.53. The number of urea groups is 1. The number of nitrogens with one attached hydrogen (secondary N) is 3. The Balaban J connectivity index is 2.50. The molecule has 0 aromatic heterocycles. The van der Waals surface area contributed by atoms with Crippen molar-refractivity contribution in [2.24, 2.45) is 0 Å². The number of anilines is 1. The van der Waals surface area contributed by atoms with Gasteiger partial charge in [0.1, 0.15) is 5.60 Å². The molecular formula is C18H29N3O3. The highest BCUT2D eigenvalue weighted by Crippen LogP contribution is 2.12. The summed E-state index contributed by atoms with van der Waals surface area (Å²) in [4.78, 5) is 23.8. The smallest absolute Gasteiger partial charge is 0.407 e. The minimum Gasteiger partial charge on any atom is -0.444 e. The van der Waals surface area contributed by atoms with E-state index in [1.165, 1.54) is 0 Å². The van der Waals surface area contributed by atoms with Gasteiger partial charge in [0.15, 0.2) is 0 Å². The maximum absolute atomic E-state index is 12.1. The van der Waals surface area contributed by atoms with Crippen molar-refractivity contribution in [1.29, 1.82) is 0 Å². The maximum Gasteiger partial charge on any atom is 0.407 e. The summed E-state index contributed by atoms with van der Waals surface area (Å²) in [6.07, 6.45) is 0.399. The molecule has 6 nitrogen and oxygen atoms in total. The first-order valence-corrected chi connectivity index (χ1v) is 8.16. The van der Waals surface area contributed by atoms with Crippen LogP contribution in [0.1, 0.15) is 47.1 Å². The highest BCUT2D eigenvalue weighted by atomic mass is 16.6. The van der Waals surface area contributed by atoms with Crippen LogP contribution in [0.4, 0.5) is 15.3 Å². The molecule has 6 heteroatoms. The van der Waals surface area contributed by atoms with Gasteiger partial charge >= 0.3 is 12.1 Å². The second kappa shape index (κ2) is 8.04. The SMILES string of the molecule is CCc1cccc(NC(=O)NC(C)(C)CNC(=O)OC(C)(C)C)c1. The van der Waals surface area contributed by atoms with Crippen molar-refractivity contribution >= 4 is 17.8 Å². The standard InChI is InChI=1S/C18H29N3O3/c1-7-13-9-8-10-14(11-13)20-15(22)21-18(5,6)12-19-16(23)24-17(2,3)4/h8-11H,7,12H2,1-6H3,(H,19,23)(H2,20,21,22). The molecule has 0 heterocycles. The van der Waals surface area contributed by atoms with Crippen molar-refractivity contribution in [2.75, 3.05) is 11.9 Å². The molecule has 0 spiro atoms. The Morgan fingerprint density at radius 2 is 1.79 bits per heavy atom. The molecule has 0 aliphatic heterocycles. The van der Waals surface area contributed by atoms with Crippen LogP contribution in [0.5, 0.6) is 0 Å². The summed E-state index contributed by atoms with van der Waals surface area (Å²) in [6.45, 7) is 11.4. The average molecular weight is 335 g/mol. The lowest BCUT2D eigenvalue weighted by molar-refractivity contribution is 0.0514. The van der Waals surface area contributed by atoms with Gasteiger partial charge in [-0.2, -0.15) is 0 Å². The van der Waals surface area contributed by atoms with E-state index in [0.717, 1.165) is 17.7 Å². The summed E-state index contributed by atoms with van der Waals surface area (Å²) < 4.78 is 5.18. The van der Waals surface area contributed by atoms with Crippen LogP contribution in [-0.4, -0.2) is 29.8 Å². The van der Waals surface area contributed by atoms with Gasteiger partial charge in [-0.25, -0.2) is 9.59 Å². The fourth-order valence-corrected chi connectivity index (χ4v) is 1.99. The Labute approximate surface area is 144 Å². The predicted molar refractivity (Wildman–Crippen MR) is 96.3 cm³/mol. The van der Waals surface area contributed by atoms with E-state index in [-0.39, 0.29) is 12.6 Å². The van der Waals surface area contributed by atoms with Gasteiger partial charge < -0.3 is 20.7 Å². The Morgan fingerprint density at radius 3 is 2.38 bits per heavy atom. The van der Waals surface area contributed by atoms with Crippen LogP contribution < -0.4 is 16.0 Å². The second-order valence-electron chi connectivity index (χ2n) is 7.37. The molecule has 24 heavy (non-hydrogen) atoms. The quantitative estimate of drug-likeness (QED) is 0.768. The number of aryl methyl sites for hydroxylation is 1. The summed E-state index contributed by atoms with van der Waals surface area (Å²) in [6, 6.07) is 7.37. The first-order chi connectivity index (χ1) is 11.0. The first kappa shape index (κ1) is 19.8. The third kappa shape index (κ3) is 7.85. The number of rotatable bonds is 5. The number of hydrogen-bond donors (Lipinski definition) is 3. The third-order valence-corrected chi connectivity index (χ3v) is 3.12. The van der Waals surface area contributed by atoms with Crippen LogP contribution in [0.2, 0.25) is 0 Å². The van der Waals surface area contributed by atoms with Crippen molar-refractivity contribution in [3.8, 4) is 0 Å². The molecule has 0 aliphatic carbocycles. The van der Waals surface area contributed by atoms with Crippen molar-refractivity contribution in [3.63, 3.8) is 0 Å². The van der Waals surface area contributed by atoms with Gasteiger partial charge in [-0.15, -0.1) is 0 Å². The normalized spacial score (nSPS) is 11.6. The summed E-state index contributed by atoms with van der Waals surface area (Å²) >= 11 is 0. The molecule has 0 unspecified atom stereocenters. The molecule has 0 bridgehead atoms. The Kier molecular flexibility index (Phi) is 6.63. The molecule has 1 aromatic carbocycles. The fraction of sp³-hybridized carbons (Fsp3) is 0.556. The van der Waals surface area contributed by atoms with Crippen LogP contribution in [-0.2, 0) is 11.2 Å². The van der Waals surface area contributed by atoms with E-state index in [0.29, 0.717) is 0 Å². The zero-order valence-corrected chi connectivity index (χ0v) is 15.4. The van der Waals surface area contributed by atoms with Gasteiger partial charge in [0.05, 0.1) is 5.54 Å². The van der Waals surface area contributed by atoms with Gasteiger partial charge in [0.25, 0.3) is 0 Å². The van der Waals surface area contributed by atoms with Gasteiger partial charge in [0, 0.05) is 12.2 Å².